The van der Waals surface area contributed by atoms with Gasteiger partial charge in [-0.25, -0.2) is 13.2 Å². The molecule has 0 saturated heterocycles. The molecular formula is C14H13NO4S2. The number of carboxylic acids is 1. The number of thiophene rings is 1. The van der Waals surface area contributed by atoms with Crippen LogP contribution in [0.15, 0.2) is 34.5 Å². The summed E-state index contributed by atoms with van der Waals surface area (Å²) in [6.07, 6.45) is 0.679. The SMILES string of the molecule is Cc1cccc2c1CCN2S(=O)(=O)c1ccc(C(=O)O)s1. The molecule has 110 valence electrons. The zero-order chi connectivity index (χ0) is 15.2. The predicted octanol–water partition coefficient (Wildman–Crippen LogP) is 2.51. The number of anilines is 1. The van der Waals surface area contributed by atoms with E-state index in [1.165, 1.54) is 16.4 Å². The predicted molar refractivity (Wildman–Crippen MR) is 80.7 cm³/mol. The maximum atomic E-state index is 12.7. The zero-order valence-corrected chi connectivity index (χ0v) is 12.9. The number of carbonyl (C=O) groups is 1. The van der Waals surface area contributed by atoms with Crippen molar-refractivity contribution in [3.05, 3.63) is 46.3 Å². The van der Waals surface area contributed by atoms with Crippen molar-refractivity contribution in [1.82, 2.24) is 0 Å². The normalized spacial score (nSPS) is 14.2. The van der Waals surface area contributed by atoms with Crippen molar-refractivity contribution in [2.45, 2.75) is 17.6 Å². The Morgan fingerprint density at radius 1 is 1.29 bits per heavy atom. The standard InChI is InChI=1S/C14H13NO4S2/c1-9-3-2-4-11-10(9)7-8-15(11)21(18,19)13-6-5-12(20-13)14(16)17/h2-6H,7-8H2,1H3,(H,16,17). The molecule has 0 atom stereocenters. The Kier molecular flexibility index (Phi) is 3.26. The Bertz CT molecular complexity index is 823. The van der Waals surface area contributed by atoms with E-state index in [2.05, 4.69) is 0 Å². The van der Waals surface area contributed by atoms with Crippen molar-refractivity contribution in [2.75, 3.05) is 10.8 Å². The minimum atomic E-state index is -3.69. The third-order valence-electron chi connectivity index (χ3n) is 3.56. The number of sulfonamides is 1. The fourth-order valence-corrected chi connectivity index (χ4v) is 5.27. The number of rotatable bonds is 3. The molecular weight excluding hydrogens is 310 g/mol. The van der Waals surface area contributed by atoms with E-state index in [1.54, 1.807) is 6.07 Å². The molecule has 1 N–H and O–H groups in total. The fraction of sp³-hybridized carbons (Fsp3) is 0.214. The number of fused-ring (bicyclic) bond motifs is 1. The summed E-state index contributed by atoms with van der Waals surface area (Å²) >= 11 is 0.784. The Morgan fingerprint density at radius 3 is 2.71 bits per heavy atom. The molecule has 0 spiro atoms. The Morgan fingerprint density at radius 2 is 2.05 bits per heavy atom. The first-order valence-corrected chi connectivity index (χ1v) is 8.61. The lowest BCUT2D eigenvalue weighted by Gasteiger charge is -2.18. The summed E-state index contributed by atoms with van der Waals surface area (Å²) in [7, 11) is -3.69. The molecule has 0 fully saturated rings. The molecule has 0 amide bonds. The van der Waals surface area contributed by atoms with Gasteiger partial charge in [-0.15, -0.1) is 11.3 Å². The van der Waals surface area contributed by atoms with Gasteiger partial charge in [-0.1, -0.05) is 12.1 Å². The maximum absolute atomic E-state index is 12.7. The Labute approximate surface area is 126 Å². The summed E-state index contributed by atoms with van der Waals surface area (Å²) in [4.78, 5) is 10.9. The van der Waals surface area contributed by atoms with E-state index >= 15 is 0 Å². The molecule has 1 aliphatic heterocycles. The lowest BCUT2D eigenvalue weighted by Crippen LogP contribution is -2.28. The van der Waals surface area contributed by atoms with Crippen LogP contribution in [0.2, 0.25) is 0 Å². The van der Waals surface area contributed by atoms with Gasteiger partial charge >= 0.3 is 5.97 Å². The lowest BCUT2D eigenvalue weighted by atomic mass is 10.1. The summed E-state index contributed by atoms with van der Waals surface area (Å²) < 4.78 is 26.8. The second-order valence-electron chi connectivity index (χ2n) is 4.82. The van der Waals surface area contributed by atoms with E-state index in [9.17, 15) is 13.2 Å². The van der Waals surface area contributed by atoms with E-state index in [-0.39, 0.29) is 9.09 Å². The number of hydrogen-bond acceptors (Lipinski definition) is 4. The Balaban J connectivity index is 2.05. The van der Waals surface area contributed by atoms with Crippen LogP contribution in [-0.4, -0.2) is 26.0 Å². The highest BCUT2D eigenvalue weighted by Gasteiger charge is 2.32. The van der Waals surface area contributed by atoms with Crippen molar-refractivity contribution in [3.8, 4) is 0 Å². The van der Waals surface area contributed by atoms with Crippen LogP contribution in [0.4, 0.5) is 5.69 Å². The monoisotopic (exact) mass is 323 g/mol. The van der Waals surface area contributed by atoms with Crippen LogP contribution >= 0.6 is 11.3 Å². The molecule has 1 aromatic carbocycles. The zero-order valence-electron chi connectivity index (χ0n) is 11.2. The second kappa shape index (κ2) is 4.85. The van der Waals surface area contributed by atoms with Crippen LogP contribution in [0.5, 0.6) is 0 Å². The van der Waals surface area contributed by atoms with Gasteiger partial charge < -0.3 is 5.11 Å². The molecule has 2 heterocycles. The minimum absolute atomic E-state index is 0.0252. The molecule has 3 rings (SSSR count). The highest BCUT2D eigenvalue weighted by Crippen LogP contribution is 2.36. The maximum Gasteiger partial charge on any atom is 0.345 e. The number of hydrogen-bond donors (Lipinski definition) is 1. The van der Waals surface area contributed by atoms with Crippen LogP contribution in [0.25, 0.3) is 0 Å². The van der Waals surface area contributed by atoms with Gasteiger partial charge in [-0.3, -0.25) is 4.31 Å². The number of benzene rings is 1. The quantitative estimate of drug-likeness (QED) is 0.942. The lowest BCUT2D eigenvalue weighted by molar-refractivity contribution is 0.0702. The van der Waals surface area contributed by atoms with Crippen LogP contribution in [0, 0.1) is 6.92 Å². The van der Waals surface area contributed by atoms with Gasteiger partial charge in [0, 0.05) is 6.54 Å². The molecule has 7 heteroatoms. The van der Waals surface area contributed by atoms with Gasteiger partial charge in [0.05, 0.1) is 5.69 Å². The first-order valence-electron chi connectivity index (χ1n) is 6.35. The number of nitrogens with zero attached hydrogens (tertiary/aromatic N) is 1. The second-order valence-corrected chi connectivity index (χ2v) is 8.00. The third kappa shape index (κ3) is 2.22. The van der Waals surface area contributed by atoms with Crippen LogP contribution < -0.4 is 4.31 Å². The summed E-state index contributed by atoms with van der Waals surface area (Å²) in [6, 6.07) is 8.27. The Hall–Kier alpha value is -1.86. The van der Waals surface area contributed by atoms with Crippen molar-refractivity contribution < 1.29 is 18.3 Å². The molecule has 0 radical (unpaired) electrons. The van der Waals surface area contributed by atoms with Crippen molar-refractivity contribution in [2.24, 2.45) is 0 Å². The topological polar surface area (TPSA) is 74.7 Å². The smallest absolute Gasteiger partial charge is 0.345 e. The average Bonchev–Trinajstić information content (AvgIpc) is 3.07. The van der Waals surface area contributed by atoms with E-state index < -0.39 is 16.0 Å². The third-order valence-corrected chi connectivity index (χ3v) is 6.91. The van der Waals surface area contributed by atoms with E-state index in [0.29, 0.717) is 18.7 Å². The van der Waals surface area contributed by atoms with Gasteiger partial charge in [0.15, 0.2) is 0 Å². The van der Waals surface area contributed by atoms with Crippen LogP contribution in [-0.2, 0) is 16.4 Å². The molecule has 0 aliphatic carbocycles. The number of carboxylic acid groups (broad SMARTS) is 1. The van der Waals surface area contributed by atoms with Crippen LogP contribution in [0.3, 0.4) is 0 Å². The minimum Gasteiger partial charge on any atom is -0.477 e. The van der Waals surface area contributed by atoms with Gasteiger partial charge in [0.2, 0.25) is 0 Å². The van der Waals surface area contributed by atoms with Crippen molar-refractivity contribution in [3.63, 3.8) is 0 Å². The molecule has 5 nitrogen and oxygen atoms in total. The number of aryl methyl sites for hydroxylation is 1. The number of aromatic carboxylic acids is 1. The van der Waals surface area contributed by atoms with E-state index in [1.807, 2.05) is 19.1 Å². The summed E-state index contributed by atoms with van der Waals surface area (Å²) in [5.74, 6) is -1.11. The van der Waals surface area contributed by atoms with Gasteiger partial charge in [0.1, 0.15) is 9.09 Å². The average molecular weight is 323 g/mol. The first kappa shape index (κ1) is 14.1. The van der Waals surface area contributed by atoms with Crippen LogP contribution in [0.1, 0.15) is 20.8 Å². The largest absolute Gasteiger partial charge is 0.477 e. The molecule has 1 aromatic heterocycles. The van der Waals surface area contributed by atoms with Crippen molar-refractivity contribution in [1.29, 1.82) is 0 Å². The highest BCUT2D eigenvalue weighted by atomic mass is 32.2. The summed E-state index contributed by atoms with van der Waals surface area (Å²) in [5, 5.41) is 8.93. The fourth-order valence-electron chi connectivity index (χ4n) is 2.51. The van der Waals surface area contributed by atoms with Gasteiger partial charge in [0.25, 0.3) is 10.0 Å². The van der Waals surface area contributed by atoms with E-state index in [4.69, 9.17) is 5.11 Å². The molecule has 1 aliphatic rings. The van der Waals surface area contributed by atoms with Gasteiger partial charge in [-0.2, -0.15) is 0 Å². The summed E-state index contributed by atoms with van der Waals surface area (Å²) in [6.45, 7) is 2.35. The molecule has 0 bridgehead atoms. The highest BCUT2D eigenvalue weighted by molar-refractivity contribution is 7.94. The van der Waals surface area contributed by atoms with E-state index in [0.717, 1.165) is 22.5 Å². The molecule has 0 saturated carbocycles. The van der Waals surface area contributed by atoms with Crippen molar-refractivity contribution >= 4 is 33.0 Å². The molecule has 21 heavy (non-hydrogen) atoms. The summed E-state index contributed by atoms with van der Waals surface area (Å²) in [5.41, 5.74) is 2.80. The molecule has 0 unspecified atom stereocenters. The van der Waals surface area contributed by atoms with Gasteiger partial charge in [-0.05, 0) is 42.7 Å². The first-order chi connectivity index (χ1) is 9.91. The molecule has 2 aromatic rings.